The highest BCUT2D eigenvalue weighted by atomic mass is 79.9. The lowest BCUT2D eigenvalue weighted by Gasteiger charge is -2.09. The molecule has 17 heavy (non-hydrogen) atoms. The molecule has 0 fully saturated rings. The molecule has 0 amide bonds. The number of aryl methyl sites for hydroxylation is 1. The van der Waals surface area contributed by atoms with Crippen LogP contribution in [0.25, 0.3) is 0 Å². The van der Waals surface area contributed by atoms with Crippen LogP contribution in [0.15, 0.2) is 26.5 Å². The predicted molar refractivity (Wildman–Crippen MR) is 77.4 cm³/mol. The first kappa shape index (κ1) is 12.9. The molecule has 1 aromatic carbocycles. The topological polar surface area (TPSA) is 48.1 Å². The Morgan fingerprint density at radius 1 is 1.35 bits per heavy atom. The van der Waals surface area contributed by atoms with Crippen molar-refractivity contribution in [2.45, 2.75) is 13.5 Å². The van der Waals surface area contributed by atoms with Gasteiger partial charge in [0.1, 0.15) is 12.4 Å². The Morgan fingerprint density at radius 2 is 2.00 bits per heavy atom. The van der Waals surface area contributed by atoms with Gasteiger partial charge in [-0.3, -0.25) is 0 Å². The highest BCUT2D eigenvalue weighted by Gasteiger charge is 2.09. The fourth-order valence-corrected chi connectivity index (χ4v) is 3.39. The van der Waals surface area contributed by atoms with Crippen LogP contribution in [0.4, 0.5) is 5.69 Å². The van der Waals surface area contributed by atoms with Gasteiger partial charge < -0.3 is 10.5 Å². The zero-order valence-corrected chi connectivity index (χ0v) is 13.0. The summed E-state index contributed by atoms with van der Waals surface area (Å²) < 4.78 is 7.38. The Hall–Kier alpha value is -0.590. The monoisotopic (exact) mass is 376 g/mol. The largest absolute Gasteiger partial charge is 0.485 e. The summed E-state index contributed by atoms with van der Waals surface area (Å²) in [7, 11) is 0. The number of hydrogen-bond donors (Lipinski definition) is 1. The van der Waals surface area contributed by atoms with E-state index in [0.717, 1.165) is 25.4 Å². The maximum atomic E-state index is 5.72. The lowest BCUT2D eigenvalue weighted by Crippen LogP contribution is -1.98. The third-order valence-electron chi connectivity index (χ3n) is 2.05. The van der Waals surface area contributed by atoms with E-state index in [2.05, 4.69) is 36.8 Å². The highest BCUT2D eigenvalue weighted by molar-refractivity contribution is 9.11. The number of nitrogens with two attached hydrogens (primary N) is 1. The summed E-state index contributed by atoms with van der Waals surface area (Å²) in [6.07, 6.45) is 0. The summed E-state index contributed by atoms with van der Waals surface area (Å²) in [4.78, 5) is 4.34. The van der Waals surface area contributed by atoms with Crippen LogP contribution in [-0.4, -0.2) is 4.98 Å². The van der Waals surface area contributed by atoms with Gasteiger partial charge in [-0.1, -0.05) is 0 Å². The molecule has 6 heteroatoms. The quantitative estimate of drug-likeness (QED) is 0.817. The average molecular weight is 378 g/mol. The van der Waals surface area contributed by atoms with Gasteiger partial charge in [0.15, 0.2) is 0 Å². The molecule has 0 spiro atoms. The van der Waals surface area contributed by atoms with Gasteiger partial charge in [-0.05, 0) is 50.9 Å². The van der Waals surface area contributed by atoms with Gasteiger partial charge in [0.25, 0.3) is 0 Å². The number of nitrogen functional groups attached to an aromatic ring is 1. The second-order valence-corrected chi connectivity index (χ2v) is 6.23. The summed E-state index contributed by atoms with van der Waals surface area (Å²) in [5.74, 6) is 0.741. The van der Waals surface area contributed by atoms with E-state index in [1.165, 1.54) is 0 Å². The second kappa shape index (κ2) is 5.37. The number of anilines is 1. The Morgan fingerprint density at radius 3 is 2.53 bits per heavy atom. The third-order valence-corrected chi connectivity index (χ3v) is 4.05. The van der Waals surface area contributed by atoms with Gasteiger partial charge in [0.05, 0.1) is 19.6 Å². The Kier molecular flexibility index (Phi) is 4.06. The van der Waals surface area contributed by atoms with E-state index in [-0.39, 0.29) is 0 Å². The molecule has 0 aliphatic carbocycles. The van der Waals surface area contributed by atoms with Crippen molar-refractivity contribution < 1.29 is 4.74 Å². The minimum Gasteiger partial charge on any atom is -0.485 e. The lowest BCUT2D eigenvalue weighted by atomic mass is 10.3. The molecule has 0 unspecified atom stereocenters. The number of benzene rings is 1. The van der Waals surface area contributed by atoms with Crippen molar-refractivity contribution in [1.82, 2.24) is 4.98 Å². The fourth-order valence-electron chi connectivity index (χ4n) is 1.34. The molecule has 0 radical (unpaired) electrons. The second-order valence-electron chi connectivity index (χ2n) is 3.46. The molecule has 2 N–H and O–H groups in total. The van der Waals surface area contributed by atoms with E-state index in [4.69, 9.17) is 10.5 Å². The van der Waals surface area contributed by atoms with Gasteiger partial charge in [0.2, 0.25) is 0 Å². The molecule has 3 nitrogen and oxygen atoms in total. The predicted octanol–water partition coefficient (Wildman–Crippen LogP) is 4.14. The first-order valence-corrected chi connectivity index (χ1v) is 7.31. The van der Waals surface area contributed by atoms with Crippen molar-refractivity contribution in [2.75, 3.05) is 5.73 Å². The maximum absolute atomic E-state index is 5.72. The summed E-state index contributed by atoms with van der Waals surface area (Å²) >= 11 is 8.46. The molecule has 0 saturated heterocycles. The Balaban J connectivity index is 2.14. The molecule has 0 aliphatic rings. The normalized spacial score (nSPS) is 10.5. The molecule has 2 aromatic rings. The van der Waals surface area contributed by atoms with Crippen molar-refractivity contribution in [2.24, 2.45) is 0 Å². The van der Waals surface area contributed by atoms with Crippen molar-refractivity contribution in [3.8, 4) is 5.75 Å². The van der Waals surface area contributed by atoms with Crippen molar-refractivity contribution in [3.63, 3.8) is 0 Å². The van der Waals surface area contributed by atoms with E-state index >= 15 is 0 Å². The summed E-state index contributed by atoms with van der Waals surface area (Å²) in [5.41, 5.74) is 7.33. The van der Waals surface area contributed by atoms with Crippen LogP contribution < -0.4 is 10.5 Å². The zero-order valence-electron chi connectivity index (χ0n) is 9.04. The lowest BCUT2D eigenvalue weighted by molar-refractivity contribution is 0.298. The third kappa shape index (κ3) is 3.20. The zero-order chi connectivity index (χ0) is 12.4. The molecule has 0 saturated carbocycles. The van der Waals surface area contributed by atoms with E-state index in [1.54, 1.807) is 11.3 Å². The minimum atomic E-state index is 0.450. The van der Waals surface area contributed by atoms with Crippen LogP contribution in [0.3, 0.4) is 0 Å². The minimum absolute atomic E-state index is 0.450. The van der Waals surface area contributed by atoms with Crippen molar-refractivity contribution in [3.05, 3.63) is 37.2 Å². The van der Waals surface area contributed by atoms with Crippen LogP contribution in [0, 0.1) is 6.92 Å². The first-order chi connectivity index (χ1) is 8.06. The fraction of sp³-hybridized carbons (Fsp3) is 0.182. The van der Waals surface area contributed by atoms with E-state index in [0.29, 0.717) is 12.3 Å². The molecular formula is C11H10Br2N2OS. The summed E-state index contributed by atoms with van der Waals surface area (Å²) in [6.45, 7) is 2.43. The molecule has 0 aliphatic heterocycles. The van der Waals surface area contributed by atoms with Crippen LogP contribution in [-0.2, 0) is 6.61 Å². The maximum Gasteiger partial charge on any atom is 0.148 e. The number of rotatable bonds is 3. The van der Waals surface area contributed by atoms with Gasteiger partial charge in [-0.2, -0.15) is 0 Å². The highest BCUT2D eigenvalue weighted by Crippen LogP contribution is 2.36. The smallest absolute Gasteiger partial charge is 0.148 e. The van der Waals surface area contributed by atoms with Crippen molar-refractivity contribution in [1.29, 1.82) is 0 Å². The van der Waals surface area contributed by atoms with Gasteiger partial charge in [-0.15, -0.1) is 11.3 Å². The molecule has 0 atom stereocenters. The summed E-state index contributed by atoms with van der Waals surface area (Å²) in [5, 5.41) is 3.04. The Labute approximate surface area is 120 Å². The van der Waals surface area contributed by atoms with Crippen LogP contribution in [0.5, 0.6) is 5.75 Å². The number of ether oxygens (including phenoxy) is 1. The molecule has 90 valence electrons. The van der Waals surface area contributed by atoms with Gasteiger partial charge in [0, 0.05) is 11.1 Å². The average Bonchev–Trinajstić information content (AvgIpc) is 2.62. The standard InChI is InChI=1S/C11H10Br2N2OS/c1-6-15-8(5-17-6)4-16-11-9(12)2-7(14)3-10(11)13/h2-3,5H,4,14H2,1H3. The van der Waals surface area contributed by atoms with Crippen LogP contribution in [0.1, 0.15) is 10.7 Å². The number of nitrogens with zero attached hydrogens (tertiary/aromatic N) is 1. The van der Waals surface area contributed by atoms with Crippen LogP contribution >= 0.6 is 43.2 Å². The Bertz CT molecular complexity index is 519. The van der Waals surface area contributed by atoms with E-state index < -0.39 is 0 Å². The van der Waals surface area contributed by atoms with Crippen molar-refractivity contribution >= 4 is 48.9 Å². The van der Waals surface area contributed by atoms with E-state index in [1.807, 2.05) is 24.4 Å². The molecular weight excluding hydrogens is 368 g/mol. The number of halogens is 2. The summed E-state index contributed by atoms with van der Waals surface area (Å²) in [6, 6.07) is 3.62. The van der Waals surface area contributed by atoms with Gasteiger partial charge in [-0.25, -0.2) is 4.98 Å². The number of hydrogen-bond acceptors (Lipinski definition) is 4. The number of aromatic nitrogens is 1. The molecule has 2 rings (SSSR count). The molecule has 0 bridgehead atoms. The van der Waals surface area contributed by atoms with Crippen LogP contribution in [0.2, 0.25) is 0 Å². The SMILES string of the molecule is Cc1nc(COc2c(Br)cc(N)cc2Br)cs1. The number of thiazole rings is 1. The van der Waals surface area contributed by atoms with E-state index in [9.17, 15) is 0 Å². The molecule has 1 heterocycles. The first-order valence-electron chi connectivity index (χ1n) is 4.84. The van der Waals surface area contributed by atoms with Gasteiger partial charge >= 0.3 is 0 Å². The molecule has 1 aromatic heterocycles.